The number of nitrogens with two attached hydrogens (primary N) is 1. The molecule has 3 fully saturated rings. The van der Waals surface area contributed by atoms with E-state index >= 15 is 0 Å². The van der Waals surface area contributed by atoms with Crippen molar-refractivity contribution in [3.8, 4) is 0 Å². The highest BCUT2D eigenvalue weighted by atomic mass is 32.2. The van der Waals surface area contributed by atoms with Crippen LogP contribution < -0.4 is 5.73 Å². The quantitative estimate of drug-likeness (QED) is 0.663. The van der Waals surface area contributed by atoms with Gasteiger partial charge in [-0.15, -0.1) is 0 Å². The first-order valence-electron chi connectivity index (χ1n) is 11.7. The molecule has 3 aliphatic rings. The number of nitrogens with zero attached hydrogens (tertiary/aromatic N) is 5. The van der Waals surface area contributed by atoms with E-state index in [4.69, 9.17) is 5.73 Å². The smallest absolute Gasteiger partial charge is 0.260 e. The van der Waals surface area contributed by atoms with Crippen LogP contribution in [0.25, 0.3) is 0 Å². The molecule has 3 aliphatic heterocycles. The third kappa shape index (κ3) is 5.14. The highest BCUT2D eigenvalue weighted by Gasteiger charge is 2.41. The number of likely N-dealkylation sites (tertiary alicyclic amines) is 1. The number of hydrogen-bond donors (Lipinski definition) is 1. The molecule has 178 valence electrons. The first kappa shape index (κ1) is 23.6. The van der Waals surface area contributed by atoms with Crippen molar-refractivity contribution in [1.29, 1.82) is 0 Å². The SMILES string of the molecule is CN1CCN(C(=O)[C@@H]2C[C@H](N3CCCCC3)CN(S(=O)(=O)c3cc(CN)ccn3)C2)CC1. The van der Waals surface area contributed by atoms with Gasteiger partial charge >= 0.3 is 0 Å². The van der Waals surface area contributed by atoms with Gasteiger partial charge in [0.05, 0.1) is 5.92 Å². The van der Waals surface area contributed by atoms with Crippen molar-refractivity contribution in [1.82, 2.24) is 24.0 Å². The van der Waals surface area contributed by atoms with E-state index in [1.165, 1.54) is 16.9 Å². The normalized spacial score (nSPS) is 26.9. The Labute approximate surface area is 191 Å². The number of pyridine rings is 1. The Bertz CT molecular complexity index is 897. The van der Waals surface area contributed by atoms with E-state index in [0.717, 1.165) is 44.6 Å². The third-order valence-corrected chi connectivity index (χ3v) is 8.84. The lowest BCUT2D eigenvalue weighted by Gasteiger charge is -2.44. The molecule has 1 aromatic rings. The second-order valence-corrected chi connectivity index (χ2v) is 11.2. The van der Waals surface area contributed by atoms with Crippen LogP contribution in [0.15, 0.2) is 23.4 Å². The number of sulfonamides is 1. The molecule has 0 radical (unpaired) electrons. The van der Waals surface area contributed by atoms with Crippen molar-refractivity contribution in [2.75, 3.05) is 59.4 Å². The lowest BCUT2D eigenvalue weighted by Crippen LogP contribution is -2.58. The van der Waals surface area contributed by atoms with Gasteiger partial charge in [0, 0.05) is 58.1 Å². The fourth-order valence-electron chi connectivity index (χ4n) is 5.09. The number of aromatic nitrogens is 1. The fraction of sp³-hybridized carbons (Fsp3) is 0.727. The summed E-state index contributed by atoms with van der Waals surface area (Å²) in [5.41, 5.74) is 6.45. The van der Waals surface area contributed by atoms with Crippen LogP contribution >= 0.6 is 0 Å². The summed E-state index contributed by atoms with van der Waals surface area (Å²) in [6.45, 7) is 5.92. The summed E-state index contributed by atoms with van der Waals surface area (Å²) < 4.78 is 28.6. The molecule has 4 heterocycles. The lowest BCUT2D eigenvalue weighted by atomic mass is 9.92. The maximum atomic E-state index is 13.5. The average molecular weight is 465 g/mol. The summed E-state index contributed by atoms with van der Waals surface area (Å²) in [6, 6.07) is 3.33. The maximum absolute atomic E-state index is 13.5. The molecule has 2 N–H and O–H groups in total. The number of likely N-dealkylation sites (N-methyl/N-ethyl adjacent to an activating group) is 1. The molecule has 3 saturated heterocycles. The summed E-state index contributed by atoms with van der Waals surface area (Å²) in [7, 11) is -1.75. The number of carbonyl (C=O) groups excluding carboxylic acids is 1. The minimum absolute atomic E-state index is 0.0190. The first-order chi connectivity index (χ1) is 15.4. The number of amides is 1. The zero-order valence-electron chi connectivity index (χ0n) is 19.0. The standard InChI is InChI=1S/C22H36N6O3S/c1-25-9-11-27(12-10-25)22(29)19-14-20(26-7-3-2-4-8-26)17-28(16-19)32(30,31)21-13-18(15-23)5-6-24-21/h5-6,13,19-20H,2-4,7-12,14-17,23H2,1H3/t19-,20+/m1/s1. The molecule has 10 heteroatoms. The van der Waals surface area contributed by atoms with Crippen molar-refractivity contribution in [2.24, 2.45) is 11.7 Å². The van der Waals surface area contributed by atoms with Gasteiger partial charge in [0.15, 0.2) is 5.03 Å². The second kappa shape index (κ2) is 10.1. The minimum atomic E-state index is -3.81. The number of piperazine rings is 1. The van der Waals surface area contributed by atoms with Gasteiger partial charge in [-0.05, 0) is 57.1 Å². The molecule has 1 aromatic heterocycles. The molecule has 9 nitrogen and oxygen atoms in total. The van der Waals surface area contributed by atoms with E-state index in [1.54, 1.807) is 12.1 Å². The first-order valence-corrected chi connectivity index (χ1v) is 13.2. The molecule has 0 aromatic carbocycles. The molecule has 2 atom stereocenters. The number of carbonyl (C=O) groups is 1. The van der Waals surface area contributed by atoms with E-state index in [0.29, 0.717) is 26.1 Å². The van der Waals surface area contributed by atoms with Crippen LogP contribution in [-0.4, -0.2) is 104 Å². The number of piperidine rings is 2. The van der Waals surface area contributed by atoms with Crippen LogP contribution in [0.1, 0.15) is 31.2 Å². The van der Waals surface area contributed by atoms with Crippen molar-refractivity contribution in [2.45, 2.75) is 43.3 Å². The van der Waals surface area contributed by atoms with Gasteiger partial charge in [-0.1, -0.05) is 6.42 Å². The van der Waals surface area contributed by atoms with Crippen LogP contribution in [0.4, 0.5) is 0 Å². The van der Waals surface area contributed by atoms with Gasteiger partial charge in [-0.25, -0.2) is 13.4 Å². The highest BCUT2D eigenvalue weighted by Crippen LogP contribution is 2.29. The molecule has 1 amide bonds. The summed E-state index contributed by atoms with van der Waals surface area (Å²) in [5, 5.41) is 0.0190. The van der Waals surface area contributed by atoms with Gasteiger partial charge in [0.1, 0.15) is 0 Å². The molecule has 0 unspecified atom stereocenters. The fourth-order valence-corrected chi connectivity index (χ4v) is 6.60. The summed E-state index contributed by atoms with van der Waals surface area (Å²) in [5.74, 6) is -0.241. The molecular formula is C22H36N6O3S. The van der Waals surface area contributed by atoms with E-state index in [9.17, 15) is 13.2 Å². The minimum Gasteiger partial charge on any atom is -0.340 e. The average Bonchev–Trinajstić information content (AvgIpc) is 2.84. The monoisotopic (exact) mass is 464 g/mol. The van der Waals surface area contributed by atoms with Crippen molar-refractivity contribution in [3.63, 3.8) is 0 Å². The van der Waals surface area contributed by atoms with Gasteiger partial charge < -0.3 is 15.5 Å². The summed E-state index contributed by atoms with van der Waals surface area (Å²) in [6.07, 6.45) is 5.67. The Hall–Kier alpha value is -1.59. The predicted octanol–water partition coefficient (Wildman–Crippen LogP) is 0.179. The zero-order valence-corrected chi connectivity index (χ0v) is 19.8. The van der Waals surface area contributed by atoms with E-state index < -0.39 is 10.0 Å². The molecular weight excluding hydrogens is 428 g/mol. The van der Waals surface area contributed by atoms with Gasteiger partial charge in [0.25, 0.3) is 10.0 Å². The molecule has 4 rings (SSSR count). The maximum Gasteiger partial charge on any atom is 0.260 e. The van der Waals surface area contributed by atoms with E-state index in [-0.39, 0.29) is 36.0 Å². The summed E-state index contributed by atoms with van der Waals surface area (Å²) >= 11 is 0. The van der Waals surface area contributed by atoms with Crippen molar-refractivity contribution in [3.05, 3.63) is 23.9 Å². The van der Waals surface area contributed by atoms with E-state index in [1.807, 2.05) is 4.90 Å². The lowest BCUT2D eigenvalue weighted by molar-refractivity contribution is -0.139. The molecule has 32 heavy (non-hydrogen) atoms. The van der Waals surface area contributed by atoms with Crippen LogP contribution in [0.3, 0.4) is 0 Å². The van der Waals surface area contributed by atoms with Crippen molar-refractivity contribution < 1.29 is 13.2 Å². The Morgan fingerprint density at radius 1 is 1.09 bits per heavy atom. The van der Waals surface area contributed by atoms with Crippen LogP contribution in [0.5, 0.6) is 0 Å². The van der Waals surface area contributed by atoms with Crippen LogP contribution in [0.2, 0.25) is 0 Å². The van der Waals surface area contributed by atoms with Crippen molar-refractivity contribution >= 4 is 15.9 Å². The molecule has 0 saturated carbocycles. The number of rotatable bonds is 5. The Balaban J connectivity index is 1.58. The largest absolute Gasteiger partial charge is 0.340 e. The zero-order chi connectivity index (χ0) is 22.7. The summed E-state index contributed by atoms with van der Waals surface area (Å²) in [4.78, 5) is 24.1. The van der Waals surface area contributed by atoms with E-state index in [2.05, 4.69) is 21.8 Å². The number of hydrogen-bond acceptors (Lipinski definition) is 7. The molecule has 0 bridgehead atoms. The molecule has 0 aliphatic carbocycles. The third-order valence-electron chi connectivity index (χ3n) is 7.11. The predicted molar refractivity (Wildman–Crippen MR) is 122 cm³/mol. The van der Waals surface area contributed by atoms with Gasteiger partial charge in [0.2, 0.25) is 5.91 Å². The Kier molecular flexibility index (Phi) is 7.46. The Morgan fingerprint density at radius 2 is 1.81 bits per heavy atom. The topological polar surface area (TPSA) is 103 Å². The van der Waals surface area contributed by atoms with Crippen LogP contribution in [0, 0.1) is 5.92 Å². The highest BCUT2D eigenvalue weighted by molar-refractivity contribution is 7.89. The molecule has 0 spiro atoms. The Morgan fingerprint density at radius 3 is 2.50 bits per heavy atom. The van der Waals surface area contributed by atoms with Gasteiger partial charge in [-0.2, -0.15) is 4.31 Å². The second-order valence-electron chi connectivity index (χ2n) is 9.34. The van der Waals surface area contributed by atoms with Gasteiger partial charge in [-0.3, -0.25) is 9.69 Å². The van der Waals surface area contributed by atoms with Crippen LogP contribution in [-0.2, 0) is 21.4 Å².